The SMILES string of the molecule is Cc1ncc(CNC(=O)C(NC(=O)c2ccc(Cl)cc2Cl)C(C)C)s1. The van der Waals surface area contributed by atoms with Crippen molar-refractivity contribution in [3.05, 3.63) is 49.9 Å². The highest BCUT2D eigenvalue weighted by Crippen LogP contribution is 2.21. The van der Waals surface area contributed by atoms with Gasteiger partial charge in [-0.05, 0) is 31.0 Å². The molecule has 0 radical (unpaired) electrons. The van der Waals surface area contributed by atoms with Gasteiger partial charge < -0.3 is 10.6 Å². The lowest BCUT2D eigenvalue weighted by Crippen LogP contribution is -2.49. The molecule has 1 aromatic carbocycles. The van der Waals surface area contributed by atoms with E-state index in [2.05, 4.69) is 15.6 Å². The summed E-state index contributed by atoms with van der Waals surface area (Å²) in [6, 6.07) is 3.94. The van der Waals surface area contributed by atoms with Crippen molar-refractivity contribution in [2.24, 2.45) is 5.92 Å². The van der Waals surface area contributed by atoms with Crippen molar-refractivity contribution in [2.75, 3.05) is 0 Å². The molecule has 2 N–H and O–H groups in total. The topological polar surface area (TPSA) is 71.1 Å². The summed E-state index contributed by atoms with van der Waals surface area (Å²) >= 11 is 13.4. The predicted molar refractivity (Wildman–Crippen MR) is 101 cm³/mol. The molecule has 0 aliphatic heterocycles. The third-order valence-corrected chi connectivity index (χ3v) is 4.98. The largest absolute Gasteiger partial charge is 0.349 e. The molecule has 8 heteroatoms. The van der Waals surface area contributed by atoms with Crippen LogP contribution < -0.4 is 10.6 Å². The van der Waals surface area contributed by atoms with Gasteiger partial charge in [0.25, 0.3) is 5.91 Å². The summed E-state index contributed by atoms with van der Waals surface area (Å²) in [4.78, 5) is 30.0. The molecule has 134 valence electrons. The molecule has 2 rings (SSSR count). The van der Waals surface area contributed by atoms with E-state index in [1.807, 2.05) is 20.8 Å². The van der Waals surface area contributed by atoms with Gasteiger partial charge in [0, 0.05) is 16.1 Å². The van der Waals surface area contributed by atoms with Crippen LogP contribution in [0.15, 0.2) is 24.4 Å². The van der Waals surface area contributed by atoms with E-state index < -0.39 is 11.9 Å². The molecule has 1 unspecified atom stereocenters. The Balaban J connectivity index is 2.04. The number of nitrogens with zero attached hydrogens (tertiary/aromatic N) is 1. The van der Waals surface area contributed by atoms with Crippen LogP contribution in [0.3, 0.4) is 0 Å². The Labute approximate surface area is 160 Å². The van der Waals surface area contributed by atoms with E-state index in [0.29, 0.717) is 11.6 Å². The Bertz CT molecular complexity index is 777. The first-order valence-electron chi connectivity index (χ1n) is 7.73. The molecule has 0 fully saturated rings. The van der Waals surface area contributed by atoms with Crippen LogP contribution in [0.1, 0.15) is 34.1 Å². The molecule has 25 heavy (non-hydrogen) atoms. The third-order valence-electron chi connectivity index (χ3n) is 3.52. The summed E-state index contributed by atoms with van der Waals surface area (Å²) in [5.74, 6) is -0.748. The van der Waals surface area contributed by atoms with Crippen molar-refractivity contribution in [3.63, 3.8) is 0 Å². The van der Waals surface area contributed by atoms with Gasteiger partial charge in [0.05, 0.1) is 22.1 Å². The Kier molecular flexibility index (Phi) is 6.81. The highest BCUT2D eigenvalue weighted by molar-refractivity contribution is 7.11. The van der Waals surface area contributed by atoms with Crippen LogP contribution in [0, 0.1) is 12.8 Å². The van der Waals surface area contributed by atoms with Crippen molar-refractivity contribution in [3.8, 4) is 0 Å². The molecule has 0 spiro atoms. The van der Waals surface area contributed by atoms with Gasteiger partial charge in [-0.25, -0.2) is 4.98 Å². The maximum atomic E-state index is 12.5. The quantitative estimate of drug-likeness (QED) is 0.774. The zero-order valence-electron chi connectivity index (χ0n) is 14.1. The van der Waals surface area contributed by atoms with Gasteiger partial charge in [-0.15, -0.1) is 11.3 Å². The maximum Gasteiger partial charge on any atom is 0.253 e. The van der Waals surface area contributed by atoms with E-state index in [1.54, 1.807) is 12.3 Å². The van der Waals surface area contributed by atoms with Gasteiger partial charge in [-0.2, -0.15) is 0 Å². The van der Waals surface area contributed by atoms with Crippen molar-refractivity contribution in [2.45, 2.75) is 33.4 Å². The van der Waals surface area contributed by atoms with E-state index in [4.69, 9.17) is 23.2 Å². The van der Waals surface area contributed by atoms with Crippen molar-refractivity contribution < 1.29 is 9.59 Å². The molecule has 2 amide bonds. The van der Waals surface area contributed by atoms with Crippen LogP contribution in [-0.4, -0.2) is 22.8 Å². The molecule has 1 aromatic heterocycles. The molecule has 0 aliphatic rings. The second-order valence-corrected chi connectivity index (χ2v) is 8.05. The normalized spacial score (nSPS) is 12.1. The maximum absolute atomic E-state index is 12.5. The second-order valence-electron chi connectivity index (χ2n) is 5.88. The molecule has 5 nitrogen and oxygen atoms in total. The van der Waals surface area contributed by atoms with Gasteiger partial charge in [-0.1, -0.05) is 37.0 Å². The standard InChI is InChI=1S/C17H19Cl2N3O2S/c1-9(2)15(17(24)21-8-12-7-20-10(3)25-12)22-16(23)13-5-4-11(18)6-14(13)19/h4-7,9,15H,8H2,1-3H3,(H,21,24)(H,22,23). The van der Waals surface area contributed by atoms with E-state index in [-0.39, 0.29) is 22.4 Å². The summed E-state index contributed by atoms with van der Waals surface area (Å²) in [5.41, 5.74) is 0.280. The molecular formula is C17H19Cl2N3O2S. The van der Waals surface area contributed by atoms with E-state index in [9.17, 15) is 9.59 Å². The fourth-order valence-electron chi connectivity index (χ4n) is 2.20. The van der Waals surface area contributed by atoms with Gasteiger partial charge in [0.1, 0.15) is 6.04 Å². The van der Waals surface area contributed by atoms with Gasteiger partial charge >= 0.3 is 0 Å². The van der Waals surface area contributed by atoms with Crippen LogP contribution >= 0.6 is 34.5 Å². The third kappa shape index (κ3) is 5.42. The van der Waals surface area contributed by atoms with Crippen LogP contribution in [0.2, 0.25) is 10.0 Å². The molecule has 0 bridgehead atoms. The fourth-order valence-corrected chi connectivity index (χ4v) is 3.43. The molecule has 0 aliphatic carbocycles. The first-order valence-corrected chi connectivity index (χ1v) is 9.30. The highest BCUT2D eigenvalue weighted by Gasteiger charge is 2.25. The Morgan fingerprint density at radius 2 is 2.00 bits per heavy atom. The van der Waals surface area contributed by atoms with E-state index in [1.165, 1.54) is 23.5 Å². The average Bonchev–Trinajstić information content (AvgIpc) is 2.95. The number of thiazole rings is 1. The number of amides is 2. The number of hydrogen-bond donors (Lipinski definition) is 2. The lowest BCUT2D eigenvalue weighted by molar-refractivity contribution is -0.124. The van der Waals surface area contributed by atoms with Crippen molar-refractivity contribution >= 4 is 46.4 Å². The number of carbonyl (C=O) groups is 2. The Morgan fingerprint density at radius 1 is 1.28 bits per heavy atom. The minimum Gasteiger partial charge on any atom is -0.349 e. The number of nitrogens with one attached hydrogen (secondary N) is 2. The monoisotopic (exact) mass is 399 g/mol. The van der Waals surface area contributed by atoms with E-state index >= 15 is 0 Å². The molecule has 1 heterocycles. The Hall–Kier alpha value is -1.63. The summed E-state index contributed by atoms with van der Waals surface area (Å²) in [6.45, 7) is 6.02. The van der Waals surface area contributed by atoms with Crippen molar-refractivity contribution in [1.29, 1.82) is 0 Å². The number of aromatic nitrogens is 1. The van der Waals surface area contributed by atoms with Crippen molar-refractivity contribution in [1.82, 2.24) is 15.6 Å². The molecular weight excluding hydrogens is 381 g/mol. The van der Waals surface area contributed by atoms with Gasteiger partial charge in [0.15, 0.2) is 0 Å². The predicted octanol–water partition coefficient (Wildman–Crippen LogP) is 3.83. The van der Waals surface area contributed by atoms with Crippen LogP contribution in [-0.2, 0) is 11.3 Å². The van der Waals surface area contributed by atoms with Gasteiger partial charge in [0.2, 0.25) is 5.91 Å². The molecule has 1 atom stereocenters. The zero-order valence-corrected chi connectivity index (χ0v) is 16.4. The minimum absolute atomic E-state index is 0.0850. The van der Waals surface area contributed by atoms with Crippen LogP contribution in [0.25, 0.3) is 0 Å². The number of halogens is 2. The number of carbonyl (C=O) groups excluding carboxylic acids is 2. The lowest BCUT2D eigenvalue weighted by Gasteiger charge is -2.22. The minimum atomic E-state index is -0.673. The lowest BCUT2D eigenvalue weighted by atomic mass is 10.0. The molecule has 2 aromatic rings. The first kappa shape index (κ1) is 19.7. The molecule has 0 saturated heterocycles. The average molecular weight is 400 g/mol. The Morgan fingerprint density at radius 3 is 2.56 bits per heavy atom. The summed E-state index contributed by atoms with van der Waals surface area (Å²) < 4.78 is 0. The number of rotatable bonds is 6. The zero-order chi connectivity index (χ0) is 18.6. The number of benzene rings is 1. The number of aryl methyl sites for hydroxylation is 1. The first-order chi connectivity index (χ1) is 11.8. The fraction of sp³-hybridized carbons (Fsp3) is 0.353. The summed E-state index contributed by atoms with van der Waals surface area (Å²) in [7, 11) is 0. The second kappa shape index (κ2) is 8.65. The van der Waals surface area contributed by atoms with Crippen LogP contribution in [0.5, 0.6) is 0 Å². The van der Waals surface area contributed by atoms with Gasteiger partial charge in [-0.3, -0.25) is 9.59 Å². The van der Waals surface area contributed by atoms with E-state index in [0.717, 1.165) is 9.88 Å². The molecule has 0 saturated carbocycles. The number of hydrogen-bond acceptors (Lipinski definition) is 4. The summed E-state index contributed by atoms with van der Waals surface area (Å²) in [5, 5.41) is 7.21. The van der Waals surface area contributed by atoms with Crippen LogP contribution in [0.4, 0.5) is 0 Å². The summed E-state index contributed by atoms with van der Waals surface area (Å²) in [6.07, 6.45) is 1.73. The smallest absolute Gasteiger partial charge is 0.253 e. The highest BCUT2D eigenvalue weighted by atomic mass is 35.5.